The molecule has 23 heavy (non-hydrogen) atoms. The van der Waals surface area contributed by atoms with Crippen molar-refractivity contribution in [2.45, 2.75) is 53.6 Å². The van der Waals surface area contributed by atoms with E-state index in [4.69, 9.17) is 5.73 Å². The van der Waals surface area contributed by atoms with E-state index < -0.39 is 5.41 Å². The first-order valence-electron chi connectivity index (χ1n) is 8.83. The summed E-state index contributed by atoms with van der Waals surface area (Å²) < 4.78 is 0. The van der Waals surface area contributed by atoms with Crippen LogP contribution in [0.4, 0.5) is 0 Å². The van der Waals surface area contributed by atoms with Crippen molar-refractivity contribution in [3.8, 4) is 0 Å². The van der Waals surface area contributed by atoms with Crippen molar-refractivity contribution >= 4 is 5.91 Å². The lowest BCUT2D eigenvalue weighted by Crippen LogP contribution is -2.45. The highest BCUT2D eigenvalue weighted by Gasteiger charge is 2.32. The van der Waals surface area contributed by atoms with Crippen molar-refractivity contribution in [3.05, 3.63) is 35.4 Å². The van der Waals surface area contributed by atoms with E-state index in [0.29, 0.717) is 13.1 Å². The van der Waals surface area contributed by atoms with Gasteiger partial charge >= 0.3 is 0 Å². The topological polar surface area (TPSA) is 58.4 Å². The predicted octanol–water partition coefficient (Wildman–Crippen LogP) is 2.91. The Hall–Kier alpha value is -1.39. The van der Waals surface area contributed by atoms with Crippen LogP contribution in [0.15, 0.2) is 24.3 Å². The standard InChI is InChI=1S/C19H33N3O/c1-5-19(6-2,15-20)18(23)21-13-16-9-11-17(12-10-16)14-22(7-3)8-4/h9-12H,5-8,13-15,20H2,1-4H3,(H,21,23). The summed E-state index contributed by atoms with van der Waals surface area (Å²) in [6.07, 6.45) is 1.54. The van der Waals surface area contributed by atoms with Crippen molar-refractivity contribution in [1.29, 1.82) is 0 Å². The molecule has 0 unspecified atom stereocenters. The van der Waals surface area contributed by atoms with Crippen molar-refractivity contribution in [2.75, 3.05) is 19.6 Å². The third kappa shape index (κ3) is 5.33. The summed E-state index contributed by atoms with van der Waals surface area (Å²) >= 11 is 0. The molecule has 0 heterocycles. The second-order valence-electron chi connectivity index (χ2n) is 6.15. The van der Waals surface area contributed by atoms with Crippen molar-refractivity contribution in [3.63, 3.8) is 0 Å². The zero-order valence-corrected chi connectivity index (χ0v) is 15.2. The molecule has 0 bridgehead atoms. The smallest absolute Gasteiger partial charge is 0.227 e. The lowest BCUT2D eigenvalue weighted by Gasteiger charge is -2.28. The first kappa shape index (κ1) is 19.7. The Morgan fingerprint density at radius 2 is 1.57 bits per heavy atom. The molecule has 0 spiro atoms. The molecule has 1 aromatic rings. The summed E-state index contributed by atoms with van der Waals surface area (Å²) in [5, 5.41) is 3.05. The van der Waals surface area contributed by atoms with Crippen molar-refractivity contribution < 1.29 is 4.79 Å². The number of hydrogen-bond donors (Lipinski definition) is 2. The van der Waals surface area contributed by atoms with Gasteiger partial charge in [-0.1, -0.05) is 52.0 Å². The van der Waals surface area contributed by atoms with Gasteiger partial charge in [0, 0.05) is 19.6 Å². The van der Waals surface area contributed by atoms with E-state index in [-0.39, 0.29) is 5.91 Å². The summed E-state index contributed by atoms with van der Waals surface area (Å²) in [5.41, 5.74) is 7.83. The van der Waals surface area contributed by atoms with E-state index in [9.17, 15) is 4.79 Å². The zero-order valence-electron chi connectivity index (χ0n) is 15.2. The van der Waals surface area contributed by atoms with Crippen LogP contribution in [-0.4, -0.2) is 30.4 Å². The monoisotopic (exact) mass is 319 g/mol. The van der Waals surface area contributed by atoms with Gasteiger partial charge in [0.2, 0.25) is 5.91 Å². The lowest BCUT2D eigenvalue weighted by molar-refractivity contribution is -0.131. The van der Waals surface area contributed by atoms with Crippen LogP contribution in [0, 0.1) is 5.41 Å². The number of carbonyl (C=O) groups is 1. The number of benzene rings is 1. The highest BCUT2D eigenvalue weighted by molar-refractivity contribution is 5.82. The molecule has 1 aromatic carbocycles. The number of hydrogen-bond acceptors (Lipinski definition) is 3. The minimum atomic E-state index is -0.428. The normalized spacial score (nSPS) is 11.7. The first-order chi connectivity index (χ1) is 11.0. The third-order valence-electron chi connectivity index (χ3n) is 5.00. The fraction of sp³-hybridized carbons (Fsp3) is 0.632. The average molecular weight is 319 g/mol. The minimum absolute atomic E-state index is 0.0669. The van der Waals surface area contributed by atoms with Gasteiger partial charge in [-0.15, -0.1) is 0 Å². The Morgan fingerprint density at radius 3 is 2.00 bits per heavy atom. The van der Waals surface area contributed by atoms with Crippen LogP contribution < -0.4 is 11.1 Å². The molecule has 0 saturated carbocycles. The van der Waals surface area contributed by atoms with Gasteiger partial charge in [-0.2, -0.15) is 0 Å². The van der Waals surface area contributed by atoms with Gasteiger partial charge in [0.1, 0.15) is 0 Å². The molecular weight excluding hydrogens is 286 g/mol. The largest absolute Gasteiger partial charge is 0.352 e. The SMILES string of the molecule is CCN(CC)Cc1ccc(CNC(=O)C(CC)(CC)CN)cc1. The molecule has 1 amide bonds. The fourth-order valence-electron chi connectivity index (χ4n) is 2.79. The Labute approximate surface area is 141 Å². The Balaban J connectivity index is 2.60. The maximum atomic E-state index is 12.4. The molecular formula is C19H33N3O. The third-order valence-corrected chi connectivity index (χ3v) is 5.00. The Bertz CT molecular complexity index is 454. The first-order valence-corrected chi connectivity index (χ1v) is 8.83. The van der Waals surface area contributed by atoms with Gasteiger partial charge < -0.3 is 11.1 Å². The molecule has 0 fully saturated rings. The molecule has 0 aliphatic rings. The molecule has 4 nitrogen and oxygen atoms in total. The fourth-order valence-corrected chi connectivity index (χ4v) is 2.79. The highest BCUT2D eigenvalue weighted by Crippen LogP contribution is 2.25. The number of nitrogens with two attached hydrogens (primary N) is 1. The maximum Gasteiger partial charge on any atom is 0.227 e. The Kier molecular flexibility index (Phi) is 8.28. The molecule has 0 atom stereocenters. The summed E-state index contributed by atoms with van der Waals surface area (Å²) in [6, 6.07) is 8.49. The van der Waals surface area contributed by atoms with E-state index in [2.05, 4.69) is 48.3 Å². The molecule has 130 valence electrons. The van der Waals surface area contributed by atoms with Crippen LogP contribution in [0.5, 0.6) is 0 Å². The van der Waals surface area contributed by atoms with Gasteiger partial charge in [-0.25, -0.2) is 0 Å². The molecule has 0 aromatic heterocycles. The van der Waals surface area contributed by atoms with Crippen LogP contribution in [0.2, 0.25) is 0 Å². The average Bonchev–Trinajstić information content (AvgIpc) is 2.60. The number of amides is 1. The quantitative estimate of drug-likeness (QED) is 0.697. The van der Waals surface area contributed by atoms with E-state index >= 15 is 0 Å². The predicted molar refractivity (Wildman–Crippen MR) is 97.0 cm³/mol. The van der Waals surface area contributed by atoms with Crippen LogP contribution in [-0.2, 0) is 17.9 Å². The lowest BCUT2D eigenvalue weighted by atomic mass is 9.81. The van der Waals surface area contributed by atoms with Crippen LogP contribution >= 0.6 is 0 Å². The van der Waals surface area contributed by atoms with Gasteiger partial charge in [-0.3, -0.25) is 9.69 Å². The van der Waals surface area contributed by atoms with E-state index in [0.717, 1.165) is 38.0 Å². The molecule has 0 aliphatic heterocycles. The summed E-state index contributed by atoms with van der Waals surface area (Å²) in [6.45, 7) is 12.5. The zero-order chi connectivity index (χ0) is 17.3. The van der Waals surface area contributed by atoms with Crippen LogP contribution in [0.1, 0.15) is 51.7 Å². The second kappa shape index (κ2) is 9.68. The van der Waals surface area contributed by atoms with Crippen LogP contribution in [0.3, 0.4) is 0 Å². The maximum absolute atomic E-state index is 12.4. The highest BCUT2D eigenvalue weighted by atomic mass is 16.2. The Morgan fingerprint density at radius 1 is 1.04 bits per heavy atom. The van der Waals surface area contributed by atoms with Crippen LogP contribution in [0.25, 0.3) is 0 Å². The van der Waals surface area contributed by atoms with Gasteiger partial charge in [0.25, 0.3) is 0 Å². The molecule has 0 saturated heterocycles. The molecule has 0 radical (unpaired) electrons. The number of nitrogens with zero attached hydrogens (tertiary/aromatic N) is 1. The summed E-state index contributed by atoms with van der Waals surface area (Å²) in [4.78, 5) is 14.8. The summed E-state index contributed by atoms with van der Waals surface area (Å²) in [7, 11) is 0. The number of nitrogens with one attached hydrogen (secondary N) is 1. The van der Waals surface area contributed by atoms with E-state index in [1.807, 2.05) is 13.8 Å². The van der Waals surface area contributed by atoms with E-state index in [1.54, 1.807) is 0 Å². The molecule has 0 aliphatic carbocycles. The molecule has 4 heteroatoms. The second-order valence-corrected chi connectivity index (χ2v) is 6.15. The molecule has 3 N–H and O–H groups in total. The van der Waals surface area contributed by atoms with Gasteiger partial charge in [0.05, 0.1) is 5.41 Å². The summed E-state index contributed by atoms with van der Waals surface area (Å²) in [5.74, 6) is 0.0669. The van der Waals surface area contributed by atoms with Gasteiger partial charge in [-0.05, 0) is 37.1 Å². The van der Waals surface area contributed by atoms with Crippen molar-refractivity contribution in [2.24, 2.45) is 11.1 Å². The van der Waals surface area contributed by atoms with Crippen molar-refractivity contribution in [1.82, 2.24) is 10.2 Å². The van der Waals surface area contributed by atoms with E-state index in [1.165, 1.54) is 5.56 Å². The molecule has 1 rings (SSSR count). The number of carbonyl (C=O) groups excluding carboxylic acids is 1. The minimum Gasteiger partial charge on any atom is -0.352 e. The van der Waals surface area contributed by atoms with Gasteiger partial charge in [0.15, 0.2) is 0 Å². The number of rotatable bonds is 10.